The standard InChI is InChI=1S/C25H22ClN3O7S/c1-4-36-25(30)23-15(2)28(17-5-9-19(35-3)10-6-17)24-21(23)13-16(14-22(24)26)27-37(33,34)20-11-7-18(8-12-20)29(31)32/h5-14,27H,4H2,1-3H3. The quantitative estimate of drug-likeness (QED) is 0.177. The molecule has 1 N–H and O–H groups in total. The molecule has 0 aliphatic carbocycles. The maximum absolute atomic E-state index is 13.0. The van der Waals surface area contributed by atoms with E-state index < -0.39 is 20.9 Å². The molecule has 0 aliphatic rings. The number of nitrogens with one attached hydrogen (secondary N) is 1. The van der Waals surface area contributed by atoms with Crippen LogP contribution in [0.3, 0.4) is 0 Å². The third-order valence-corrected chi connectivity index (χ3v) is 7.36. The molecular formula is C25H22ClN3O7S. The second kappa shape index (κ2) is 10.1. The largest absolute Gasteiger partial charge is 0.497 e. The van der Waals surface area contributed by atoms with Crippen LogP contribution in [-0.4, -0.2) is 37.6 Å². The number of hydrogen-bond donors (Lipinski definition) is 1. The summed E-state index contributed by atoms with van der Waals surface area (Å²) in [6.07, 6.45) is 0. The minimum absolute atomic E-state index is 0.105. The fraction of sp³-hybridized carbons (Fsp3) is 0.160. The Kier molecular flexibility index (Phi) is 7.10. The van der Waals surface area contributed by atoms with Crippen LogP contribution in [0.4, 0.5) is 11.4 Å². The van der Waals surface area contributed by atoms with E-state index in [1.807, 2.05) is 12.1 Å². The molecule has 37 heavy (non-hydrogen) atoms. The van der Waals surface area contributed by atoms with Gasteiger partial charge in [-0.3, -0.25) is 14.8 Å². The van der Waals surface area contributed by atoms with E-state index in [0.717, 1.165) is 24.3 Å². The lowest BCUT2D eigenvalue weighted by atomic mass is 10.1. The van der Waals surface area contributed by atoms with Crippen molar-refractivity contribution >= 4 is 49.9 Å². The van der Waals surface area contributed by atoms with Crippen molar-refractivity contribution in [2.24, 2.45) is 0 Å². The van der Waals surface area contributed by atoms with Gasteiger partial charge in [0.15, 0.2) is 0 Å². The second-order valence-electron chi connectivity index (χ2n) is 7.93. The average Bonchev–Trinajstić information content (AvgIpc) is 3.16. The van der Waals surface area contributed by atoms with Crippen LogP contribution in [0.25, 0.3) is 16.6 Å². The Bertz CT molecular complexity index is 1610. The first-order valence-corrected chi connectivity index (χ1v) is 12.9. The molecule has 10 nitrogen and oxygen atoms in total. The Morgan fingerprint density at radius 1 is 1.11 bits per heavy atom. The van der Waals surface area contributed by atoms with E-state index in [4.69, 9.17) is 21.1 Å². The Morgan fingerprint density at radius 3 is 2.32 bits per heavy atom. The van der Waals surface area contributed by atoms with Crippen molar-refractivity contribution in [2.75, 3.05) is 18.4 Å². The minimum atomic E-state index is -4.12. The molecule has 3 aromatic carbocycles. The lowest BCUT2D eigenvalue weighted by molar-refractivity contribution is -0.384. The first kappa shape index (κ1) is 26.0. The number of carbonyl (C=O) groups is 1. The van der Waals surface area contributed by atoms with Crippen molar-refractivity contribution < 1.29 is 27.6 Å². The third kappa shape index (κ3) is 4.95. The van der Waals surface area contributed by atoms with E-state index in [-0.39, 0.29) is 33.5 Å². The summed E-state index contributed by atoms with van der Waals surface area (Å²) >= 11 is 6.67. The molecule has 1 aromatic heterocycles. The highest BCUT2D eigenvalue weighted by Crippen LogP contribution is 2.37. The van der Waals surface area contributed by atoms with Gasteiger partial charge in [-0.2, -0.15) is 0 Å². The Labute approximate surface area is 217 Å². The number of rotatable bonds is 8. The maximum atomic E-state index is 13.0. The molecule has 0 saturated heterocycles. The molecule has 0 saturated carbocycles. The number of nitro benzene ring substituents is 1. The molecule has 12 heteroatoms. The number of hydrogen-bond acceptors (Lipinski definition) is 7. The summed E-state index contributed by atoms with van der Waals surface area (Å²) in [5.41, 5.74) is 1.86. The van der Waals surface area contributed by atoms with E-state index in [0.29, 0.717) is 28.0 Å². The minimum Gasteiger partial charge on any atom is -0.497 e. The number of methoxy groups -OCH3 is 1. The fourth-order valence-corrected chi connectivity index (χ4v) is 5.37. The number of esters is 1. The lowest BCUT2D eigenvalue weighted by Crippen LogP contribution is -2.13. The maximum Gasteiger partial charge on any atom is 0.340 e. The van der Waals surface area contributed by atoms with Crippen molar-refractivity contribution in [3.8, 4) is 11.4 Å². The number of ether oxygens (including phenoxy) is 2. The third-order valence-electron chi connectivity index (χ3n) is 5.67. The molecule has 4 aromatic rings. The number of halogens is 1. The van der Waals surface area contributed by atoms with Crippen molar-refractivity contribution in [1.29, 1.82) is 0 Å². The summed E-state index contributed by atoms with van der Waals surface area (Å²) < 4.78 is 40.7. The molecule has 1 heterocycles. The number of aromatic nitrogens is 1. The summed E-state index contributed by atoms with van der Waals surface area (Å²) in [6.45, 7) is 3.58. The summed E-state index contributed by atoms with van der Waals surface area (Å²) in [7, 11) is -2.56. The molecular weight excluding hydrogens is 522 g/mol. The van der Waals surface area contributed by atoms with Gasteiger partial charge in [0.05, 0.1) is 45.3 Å². The number of non-ortho nitro benzene ring substituents is 1. The molecule has 4 rings (SSSR count). The Morgan fingerprint density at radius 2 is 1.76 bits per heavy atom. The van der Waals surface area contributed by atoms with Crippen LogP contribution in [0.15, 0.2) is 65.6 Å². The van der Waals surface area contributed by atoms with Gasteiger partial charge in [0, 0.05) is 28.9 Å². The first-order chi connectivity index (χ1) is 17.6. The zero-order valence-electron chi connectivity index (χ0n) is 20.0. The van der Waals surface area contributed by atoms with Crippen molar-refractivity contribution in [3.63, 3.8) is 0 Å². The number of sulfonamides is 1. The normalized spacial score (nSPS) is 11.4. The number of carbonyl (C=O) groups excluding carboxylic acids is 1. The van der Waals surface area contributed by atoms with Crippen LogP contribution < -0.4 is 9.46 Å². The lowest BCUT2D eigenvalue weighted by Gasteiger charge is -2.12. The smallest absolute Gasteiger partial charge is 0.340 e. The van der Waals surface area contributed by atoms with Crippen molar-refractivity contribution in [2.45, 2.75) is 18.7 Å². The molecule has 0 spiro atoms. The van der Waals surface area contributed by atoms with Crippen LogP contribution >= 0.6 is 11.6 Å². The van der Waals surface area contributed by atoms with Gasteiger partial charge >= 0.3 is 5.97 Å². The molecule has 0 amide bonds. The predicted molar refractivity (Wildman–Crippen MR) is 139 cm³/mol. The zero-order valence-corrected chi connectivity index (χ0v) is 21.6. The van der Waals surface area contributed by atoms with Crippen LogP contribution in [0.1, 0.15) is 23.0 Å². The molecule has 0 aliphatic heterocycles. The van der Waals surface area contributed by atoms with E-state index in [1.54, 1.807) is 37.7 Å². The van der Waals surface area contributed by atoms with E-state index >= 15 is 0 Å². The van der Waals surface area contributed by atoms with Crippen LogP contribution in [0, 0.1) is 17.0 Å². The number of anilines is 1. The zero-order chi connectivity index (χ0) is 26.9. The van der Waals surface area contributed by atoms with E-state index in [1.165, 1.54) is 12.1 Å². The summed E-state index contributed by atoms with van der Waals surface area (Å²) in [5, 5.41) is 11.5. The Hall–Kier alpha value is -4.09. The van der Waals surface area contributed by atoms with Crippen LogP contribution in [0.5, 0.6) is 5.75 Å². The molecule has 0 radical (unpaired) electrons. The SMILES string of the molecule is CCOC(=O)c1c(C)n(-c2ccc(OC)cc2)c2c(Cl)cc(NS(=O)(=O)c3ccc([N+](=O)[O-])cc3)cc12. The topological polar surface area (TPSA) is 130 Å². The number of nitro groups is 1. The van der Waals surface area contributed by atoms with E-state index in [9.17, 15) is 23.3 Å². The van der Waals surface area contributed by atoms with Gasteiger partial charge in [-0.25, -0.2) is 13.2 Å². The van der Waals surface area contributed by atoms with Crippen LogP contribution in [0.2, 0.25) is 5.02 Å². The van der Waals surface area contributed by atoms with Crippen molar-refractivity contribution in [1.82, 2.24) is 4.57 Å². The molecule has 192 valence electrons. The fourth-order valence-electron chi connectivity index (χ4n) is 4.03. The van der Waals surface area contributed by atoms with E-state index in [2.05, 4.69) is 4.72 Å². The van der Waals surface area contributed by atoms with Crippen molar-refractivity contribution in [3.05, 3.63) is 87.1 Å². The Balaban J connectivity index is 1.86. The van der Waals surface area contributed by atoms with Gasteiger partial charge in [0.25, 0.3) is 15.7 Å². The highest BCUT2D eigenvalue weighted by Gasteiger charge is 2.25. The molecule has 0 unspecified atom stereocenters. The number of benzene rings is 3. The summed E-state index contributed by atoms with van der Waals surface area (Å²) in [5.74, 6) is 0.0706. The van der Waals surface area contributed by atoms with Crippen LogP contribution in [-0.2, 0) is 14.8 Å². The van der Waals surface area contributed by atoms with Gasteiger partial charge in [-0.05, 0) is 62.4 Å². The first-order valence-electron chi connectivity index (χ1n) is 11.0. The van der Waals surface area contributed by atoms with Gasteiger partial charge < -0.3 is 14.0 Å². The molecule has 0 bridgehead atoms. The van der Waals surface area contributed by atoms with Gasteiger partial charge in [-0.1, -0.05) is 11.6 Å². The highest BCUT2D eigenvalue weighted by atomic mass is 35.5. The van der Waals surface area contributed by atoms with Gasteiger partial charge in [0.1, 0.15) is 5.75 Å². The molecule has 0 fully saturated rings. The number of nitrogens with zero attached hydrogens (tertiary/aromatic N) is 2. The highest BCUT2D eigenvalue weighted by molar-refractivity contribution is 7.92. The average molecular weight is 544 g/mol. The predicted octanol–water partition coefficient (Wildman–Crippen LogP) is 5.49. The van der Waals surface area contributed by atoms with Gasteiger partial charge in [-0.15, -0.1) is 0 Å². The molecule has 0 atom stereocenters. The monoisotopic (exact) mass is 543 g/mol. The summed E-state index contributed by atoms with van der Waals surface area (Å²) in [4.78, 5) is 23.0. The number of fused-ring (bicyclic) bond motifs is 1. The second-order valence-corrected chi connectivity index (χ2v) is 10.0. The van der Waals surface area contributed by atoms with Gasteiger partial charge in [0.2, 0.25) is 0 Å². The summed E-state index contributed by atoms with van der Waals surface area (Å²) in [6, 6.07) is 14.6.